The quantitative estimate of drug-likeness (QED) is 0.766. The molecule has 0 radical (unpaired) electrons. The van der Waals surface area contributed by atoms with E-state index in [2.05, 4.69) is 12.1 Å². The minimum absolute atomic E-state index is 0.0374. The third-order valence-electron chi connectivity index (χ3n) is 5.54. The first kappa shape index (κ1) is 19.1. The van der Waals surface area contributed by atoms with E-state index in [1.165, 1.54) is 12.0 Å². The molecule has 2 aromatic carbocycles. The van der Waals surface area contributed by atoms with Crippen molar-refractivity contribution in [3.05, 3.63) is 71.3 Å². The molecule has 0 unspecified atom stereocenters. The molecule has 2 aromatic rings. The predicted octanol–water partition coefficient (Wildman–Crippen LogP) is 4.13. The monoisotopic (exact) mass is 394 g/mol. The summed E-state index contributed by atoms with van der Waals surface area (Å²) in [4.78, 5) is 29.0. The van der Waals surface area contributed by atoms with Gasteiger partial charge in [-0.25, -0.2) is 0 Å². The molecule has 5 heteroatoms. The molecule has 4 rings (SSSR count). The molecular formula is C23H26N2O2S. The van der Waals surface area contributed by atoms with Crippen molar-refractivity contribution in [2.24, 2.45) is 0 Å². The molecule has 146 valence electrons. The Morgan fingerprint density at radius 1 is 0.964 bits per heavy atom. The van der Waals surface area contributed by atoms with Gasteiger partial charge in [0.25, 0.3) is 5.91 Å². The molecule has 0 bridgehead atoms. The molecule has 2 fully saturated rings. The molecular weight excluding hydrogens is 368 g/mol. The Morgan fingerprint density at radius 3 is 2.39 bits per heavy atom. The molecule has 28 heavy (non-hydrogen) atoms. The number of rotatable bonds is 5. The molecule has 2 heterocycles. The smallest absolute Gasteiger partial charge is 0.253 e. The second-order valence-electron chi connectivity index (χ2n) is 7.46. The first-order valence-electron chi connectivity index (χ1n) is 10.1. The van der Waals surface area contributed by atoms with E-state index in [0.29, 0.717) is 5.75 Å². The molecule has 0 saturated carbocycles. The summed E-state index contributed by atoms with van der Waals surface area (Å²) < 4.78 is 0. The van der Waals surface area contributed by atoms with E-state index >= 15 is 0 Å². The van der Waals surface area contributed by atoms with Crippen LogP contribution in [0, 0.1) is 0 Å². The van der Waals surface area contributed by atoms with Crippen molar-refractivity contribution >= 4 is 23.6 Å². The van der Waals surface area contributed by atoms with Gasteiger partial charge in [0.05, 0.1) is 5.75 Å². The minimum atomic E-state index is 0.0374. The van der Waals surface area contributed by atoms with Crippen molar-refractivity contribution in [2.75, 3.05) is 25.4 Å². The molecule has 2 aliphatic heterocycles. The number of hydrogen-bond donors (Lipinski definition) is 0. The van der Waals surface area contributed by atoms with E-state index in [1.807, 2.05) is 52.3 Å². The van der Waals surface area contributed by atoms with E-state index in [-0.39, 0.29) is 17.2 Å². The zero-order valence-corrected chi connectivity index (χ0v) is 16.9. The second-order valence-corrected chi connectivity index (χ2v) is 8.53. The number of benzene rings is 2. The predicted molar refractivity (Wildman–Crippen MR) is 113 cm³/mol. The van der Waals surface area contributed by atoms with Gasteiger partial charge < -0.3 is 9.80 Å². The molecule has 2 amide bonds. The number of amides is 2. The van der Waals surface area contributed by atoms with Gasteiger partial charge in [-0.05, 0) is 48.9 Å². The highest BCUT2D eigenvalue weighted by Crippen LogP contribution is 2.38. The van der Waals surface area contributed by atoms with Gasteiger partial charge in [-0.2, -0.15) is 0 Å². The number of carbonyl (C=O) groups excluding carboxylic acids is 2. The van der Waals surface area contributed by atoms with E-state index in [1.54, 1.807) is 11.8 Å². The average Bonchev–Trinajstić information content (AvgIpc) is 3.13. The van der Waals surface area contributed by atoms with Crippen LogP contribution in [0.4, 0.5) is 0 Å². The summed E-state index contributed by atoms with van der Waals surface area (Å²) in [6, 6.07) is 18.2. The lowest BCUT2D eigenvalue weighted by Crippen LogP contribution is -2.35. The van der Waals surface area contributed by atoms with Gasteiger partial charge in [0, 0.05) is 25.2 Å². The topological polar surface area (TPSA) is 40.6 Å². The lowest BCUT2D eigenvalue weighted by atomic mass is 10.1. The van der Waals surface area contributed by atoms with Gasteiger partial charge in [-0.3, -0.25) is 9.59 Å². The Bertz CT molecular complexity index is 816. The number of thioether (sulfide) groups is 1. The third-order valence-corrected chi connectivity index (χ3v) is 6.79. The zero-order chi connectivity index (χ0) is 19.3. The fourth-order valence-electron chi connectivity index (χ4n) is 3.94. The van der Waals surface area contributed by atoms with Gasteiger partial charge >= 0.3 is 0 Å². The normalized spacial score (nSPS) is 19.9. The van der Waals surface area contributed by atoms with Crippen LogP contribution < -0.4 is 0 Å². The van der Waals surface area contributed by atoms with Crippen LogP contribution in [-0.4, -0.2) is 47.0 Å². The van der Waals surface area contributed by atoms with Crippen molar-refractivity contribution in [3.63, 3.8) is 0 Å². The highest BCUT2D eigenvalue weighted by atomic mass is 32.2. The third kappa shape index (κ3) is 4.25. The molecule has 1 atom stereocenters. The standard InChI is InChI=1S/C23H26N2O2S/c26-21-17-28-23(25(21)16-13-18-7-3-1-4-8-18)20-11-9-19(10-12-20)22(27)24-14-5-2-6-15-24/h1,3-4,7-12,23H,2,5-6,13-17H2/t23-/m1/s1. The maximum absolute atomic E-state index is 12.7. The van der Waals surface area contributed by atoms with Crippen LogP contribution in [0.25, 0.3) is 0 Å². The zero-order valence-electron chi connectivity index (χ0n) is 16.0. The number of piperidine rings is 1. The van der Waals surface area contributed by atoms with Gasteiger partial charge in [0.2, 0.25) is 5.91 Å². The maximum atomic E-state index is 12.7. The molecule has 2 saturated heterocycles. The van der Waals surface area contributed by atoms with E-state index < -0.39 is 0 Å². The fourth-order valence-corrected chi connectivity index (χ4v) is 5.15. The Balaban J connectivity index is 1.43. The Labute approximate surface area is 170 Å². The minimum Gasteiger partial charge on any atom is -0.339 e. The summed E-state index contributed by atoms with van der Waals surface area (Å²) in [5.41, 5.74) is 3.09. The summed E-state index contributed by atoms with van der Waals surface area (Å²) in [6.07, 6.45) is 4.27. The number of hydrogen-bond acceptors (Lipinski definition) is 3. The molecule has 0 N–H and O–H groups in total. The fraction of sp³-hybridized carbons (Fsp3) is 0.391. The van der Waals surface area contributed by atoms with Crippen LogP contribution >= 0.6 is 11.8 Å². The van der Waals surface area contributed by atoms with Crippen LogP contribution in [0.15, 0.2) is 54.6 Å². The molecule has 4 nitrogen and oxygen atoms in total. The Kier molecular flexibility index (Phi) is 6.01. The first-order valence-corrected chi connectivity index (χ1v) is 11.1. The molecule has 0 aromatic heterocycles. The highest BCUT2D eigenvalue weighted by molar-refractivity contribution is 8.00. The van der Waals surface area contributed by atoms with E-state index in [4.69, 9.17) is 0 Å². The van der Waals surface area contributed by atoms with Gasteiger partial charge in [-0.15, -0.1) is 11.8 Å². The first-order chi connectivity index (χ1) is 13.7. The number of nitrogens with zero attached hydrogens (tertiary/aromatic N) is 2. The maximum Gasteiger partial charge on any atom is 0.253 e. The number of carbonyl (C=O) groups is 2. The summed E-state index contributed by atoms with van der Waals surface area (Å²) in [7, 11) is 0. The largest absolute Gasteiger partial charge is 0.339 e. The van der Waals surface area contributed by atoms with E-state index in [0.717, 1.165) is 50.0 Å². The van der Waals surface area contributed by atoms with Gasteiger partial charge in [0.15, 0.2) is 0 Å². The summed E-state index contributed by atoms with van der Waals surface area (Å²) in [6.45, 7) is 2.44. The summed E-state index contributed by atoms with van der Waals surface area (Å²) in [5, 5.41) is 0.0374. The van der Waals surface area contributed by atoms with Crippen molar-refractivity contribution in [1.29, 1.82) is 0 Å². The molecule has 0 aliphatic carbocycles. The van der Waals surface area contributed by atoms with Crippen LogP contribution in [0.3, 0.4) is 0 Å². The van der Waals surface area contributed by atoms with Crippen molar-refractivity contribution < 1.29 is 9.59 Å². The molecule has 0 spiro atoms. The number of likely N-dealkylation sites (tertiary alicyclic amines) is 1. The average molecular weight is 395 g/mol. The summed E-state index contributed by atoms with van der Waals surface area (Å²) >= 11 is 1.67. The highest BCUT2D eigenvalue weighted by Gasteiger charge is 2.32. The Hall–Kier alpha value is -2.27. The van der Waals surface area contributed by atoms with Crippen LogP contribution in [0.2, 0.25) is 0 Å². The second kappa shape index (κ2) is 8.82. The van der Waals surface area contributed by atoms with Crippen LogP contribution in [0.1, 0.15) is 46.1 Å². The van der Waals surface area contributed by atoms with Gasteiger partial charge in [0.1, 0.15) is 5.37 Å². The summed E-state index contributed by atoms with van der Waals surface area (Å²) in [5.74, 6) is 0.843. The van der Waals surface area contributed by atoms with E-state index in [9.17, 15) is 9.59 Å². The molecule has 2 aliphatic rings. The van der Waals surface area contributed by atoms with Crippen LogP contribution in [-0.2, 0) is 11.2 Å². The van der Waals surface area contributed by atoms with Crippen molar-refractivity contribution in [3.8, 4) is 0 Å². The van der Waals surface area contributed by atoms with Crippen molar-refractivity contribution in [1.82, 2.24) is 9.80 Å². The van der Waals surface area contributed by atoms with Gasteiger partial charge in [-0.1, -0.05) is 42.5 Å². The lowest BCUT2D eigenvalue weighted by Gasteiger charge is -2.27. The Morgan fingerprint density at radius 2 is 1.68 bits per heavy atom. The van der Waals surface area contributed by atoms with Crippen molar-refractivity contribution in [2.45, 2.75) is 31.1 Å². The lowest BCUT2D eigenvalue weighted by molar-refractivity contribution is -0.128. The van der Waals surface area contributed by atoms with Crippen LogP contribution in [0.5, 0.6) is 0 Å². The SMILES string of the molecule is O=C(c1ccc([C@H]2SCC(=O)N2CCc2ccccc2)cc1)N1CCCCC1.